The van der Waals surface area contributed by atoms with E-state index in [1.807, 2.05) is 4.90 Å². The minimum absolute atomic E-state index is 0.188. The number of carbonyl (C=O) groups excluding carboxylic acids is 1. The van der Waals surface area contributed by atoms with Gasteiger partial charge in [-0.25, -0.2) is 0 Å². The Morgan fingerprint density at radius 2 is 1.65 bits per heavy atom. The number of benzene rings is 1. The number of carbonyl (C=O) groups is 1. The molecule has 0 spiro atoms. The molecule has 1 aromatic rings. The molecule has 1 aliphatic rings. The molecule has 3 heteroatoms. The number of nitrogens with zero attached hydrogens (tertiary/aromatic N) is 2. The normalized spacial score (nSPS) is 15.9. The molecule has 1 fully saturated rings. The number of piperazine rings is 1. The average Bonchev–Trinajstić information content (AvgIpc) is 2.40. The Morgan fingerprint density at radius 1 is 1.05 bits per heavy atom. The predicted octanol–water partition coefficient (Wildman–Crippen LogP) is 3.10. The maximum atomic E-state index is 11.4. The van der Waals surface area contributed by atoms with E-state index in [0.29, 0.717) is 5.92 Å². The zero-order valence-corrected chi connectivity index (χ0v) is 13.4. The lowest BCUT2D eigenvalue weighted by Crippen LogP contribution is -2.48. The summed E-state index contributed by atoms with van der Waals surface area (Å²) in [5.74, 6) is 0.755. The fraction of sp³-hybridized carbons (Fsp3) is 0.588. The minimum Gasteiger partial charge on any atom is -0.368 e. The largest absolute Gasteiger partial charge is 0.368 e. The summed E-state index contributed by atoms with van der Waals surface area (Å²) < 4.78 is 0. The molecule has 0 aliphatic carbocycles. The second-order valence-corrected chi connectivity index (χ2v) is 6.14. The van der Waals surface area contributed by atoms with E-state index in [1.165, 1.54) is 22.4 Å². The lowest BCUT2D eigenvalue weighted by atomic mass is 9.94. The zero-order chi connectivity index (χ0) is 14.9. The van der Waals surface area contributed by atoms with Crippen molar-refractivity contribution >= 4 is 11.6 Å². The van der Waals surface area contributed by atoms with Crippen molar-refractivity contribution in [1.29, 1.82) is 0 Å². The summed E-state index contributed by atoms with van der Waals surface area (Å²) in [6.45, 7) is 14.1. The van der Waals surface area contributed by atoms with Gasteiger partial charge in [-0.15, -0.1) is 0 Å². The number of amides is 1. The molecule has 1 aliphatic heterocycles. The Kier molecular flexibility index (Phi) is 4.36. The molecular formula is C17H26N2O. The molecule has 0 unspecified atom stereocenters. The van der Waals surface area contributed by atoms with Crippen LogP contribution in [-0.2, 0) is 4.79 Å². The highest BCUT2D eigenvalue weighted by Gasteiger charge is 2.20. The van der Waals surface area contributed by atoms with Gasteiger partial charge in [0.2, 0.25) is 5.91 Å². The van der Waals surface area contributed by atoms with Crippen molar-refractivity contribution < 1.29 is 4.79 Å². The molecule has 2 rings (SSSR count). The van der Waals surface area contributed by atoms with Gasteiger partial charge in [0.1, 0.15) is 0 Å². The molecule has 20 heavy (non-hydrogen) atoms. The fourth-order valence-corrected chi connectivity index (χ4v) is 3.05. The molecular weight excluding hydrogens is 248 g/mol. The summed E-state index contributed by atoms with van der Waals surface area (Å²) in [5, 5.41) is 0. The number of anilines is 1. The summed E-state index contributed by atoms with van der Waals surface area (Å²) >= 11 is 0. The van der Waals surface area contributed by atoms with Gasteiger partial charge in [-0.1, -0.05) is 19.9 Å². The quantitative estimate of drug-likeness (QED) is 0.827. The second kappa shape index (κ2) is 5.86. The molecule has 3 nitrogen and oxygen atoms in total. The maximum absolute atomic E-state index is 11.4. The van der Waals surface area contributed by atoms with Crippen molar-refractivity contribution in [2.45, 2.75) is 40.5 Å². The Morgan fingerprint density at radius 3 is 2.15 bits per heavy atom. The SMILES string of the molecule is CC(=O)N1CCN(c2cc(C)c(C(C)C)cc2C)CC1. The molecule has 1 amide bonds. The van der Waals surface area contributed by atoms with Crippen LogP contribution in [0.4, 0.5) is 5.69 Å². The van der Waals surface area contributed by atoms with Gasteiger partial charge in [0.05, 0.1) is 0 Å². The Balaban J connectivity index is 2.18. The molecule has 0 saturated carbocycles. The molecule has 0 atom stereocenters. The van der Waals surface area contributed by atoms with E-state index in [2.05, 4.69) is 44.7 Å². The lowest BCUT2D eigenvalue weighted by Gasteiger charge is -2.36. The molecule has 0 N–H and O–H groups in total. The van der Waals surface area contributed by atoms with Gasteiger partial charge < -0.3 is 9.80 Å². The fourth-order valence-electron chi connectivity index (χ4n) is 3.05. The highest BCUT2D eigenvalue weighted by molar-refractivity contribution is 5.73. The summed E-state index contributed by atoms with van der Waals surface area (Å²) in [6, 6.07) is 4.64. The topological polar surface area (TPSA) is 23.6 Å². The average molecular weight is 274 g/mol. The van der Waals surface area contributed by atoms with Gasteiger partial charge in [0.15, 0.2) is 0 Å². The van der Waals surface area contributed by atoms with Crippen molar-refractivity contribution in [3.05, 3.63) is 28.8 Å². The predicted molar refractivity (Wildman–Crippen MR) is 84.5 cm³/mol. The molecule has 1 aromatic carbocycles. The molecule has 0 radical (unpaired) electrons. The Bertz CT molecular complexity index is 500. The van der Waals surface area contributed by atoms with Crippen LogP contribution in [0.25, 0.3) is 0 Å². The van der Waals surface area contributed by atoms with E-state index in [0.717, 1.165) is 26.2 Å². The molecule has 110 valence electrons. The highest BCUT2D eigenvalue weighted by Crippen LogP contribution is 2.29. The van der Waals surface area contributed by atoms with Gasteiger partial charge >= 0.3 is 0 Å². The van der Waals surface area contributed by atoms with E-state index in [4.69, 9.17) is 0 Å². The summed E-state index contributed by atoms with van der Waals surface area (Å²) in [7, 11) is 0. The van der Waals surface area contributed by atoms with E-state index in [1.54, 1.807) is 6.92 Å². The van der Waals surface area contributed by atoms with Gasteiger partial charge in [-0.05, 0) is 42.5 Å². The van der Waals surface area contributed by atoms with E-state index < -0.39 is 0 Å². The van der Waals surface area contributed by atoms with Crippen molar-refractivity contribution in [2.24, 2.45) is 0 Å². The zero-order valence-electron chi connectivity index (χ0n) is 13.4. The smallest absolute Gasteiger partial charge is 0.219 e. The first-order valence-corrected chi connectivity index (χ1v) is 7.51. The van der Waals surface area contributed by atoms with E-state index in [-0.39, 0.29) is 5.91 Å². The number of hydrogen-bond acceptors (Lipinski definition) is 2. The van der Waals surface area contributed by atoms with Crippen LogP contribution in [0.3, 0.4) is 0 Å². The van der Waals surface area contributed by atoms with Crippen molar-refractivity contribution in [3.8, 4) is 0 Å². The maximum Gasteiger partial charge on any atom is 0.219 e. The monoisotopic (exact) mass is 274 g/mol. The molecule has 1 heterocycles. The summed E-state index contributed by atoms with van der Waals surface area (Å²) in [4.78, 5) is 15.7. The lowest BCUT2D eigenvalue weighted by molar-refractivity contribution is -0.129. The second-order valence-electron chi connectivity index (χ2n) is 6.14. The summed E-state index contributed by atoms with van der Waals surface area (Å²) in [5.41, 5.74) is 5.48. The van der Waals surface area contributed by atoms with Gasteiger partial charge in [0, 0.05) is 38.8 Å². The first-order chi connectivity index (χ1) is 9.40. The highest BCUT2D eigenvalue weighted by atomic mass is 16.2. The first kappa shape index (κ1) is 14.9. The first-order valence-electron chi connectivity index (χ1n) is 7.51. The third-order valence-corrected chi connectivity index (χ3v) is 4.27. The van der Waals surface area contributed by atoms with Crippen LogP contribution < -0.4 is 4.90 Å². The van der Waals surface area contributed by atoms with Crippen LogP contribution in [-0.4, -0.2) is 37.0 Å². The van der Waals surface area contributed by atoms with Gasteiger partial charge in [0.25, 0.3) is 0 Å². The van der Waals surface area contributed by atoms with E-state index >= 15 is 0 Å². The molecule has 1 saturated heterocycles. The molecule has 0 aromatic heterocycles. The van der Waals surface area contributed by atoms with Gasteiger partial charge in [-0.2, -0.15) is 0 Å². The Hall–Kier alpha value is -1.51. The van der Waals surface area contributed by atoms with Crippen molar-refractivity contribution in [3.63, 3.8) is 0 Å². The number of aryl methyl sites for hydroxylation is 2. The van der Waals surface area contributed by atoms with Crippen molar-refractivity contribution in [1.82, 2.24) is 4.90 Å². The third-order valence-electron chi connectivity index (χ3n) is 4.27. The van der Waals surface area contributed by atoms with Crippen LogP contribution in [0.2, 0.25) is 0 Å². The standard InChI is InChI=1S/C17H26N2O/c1-12(2)16-10-14(4)17(11-13(16)3)19-8-6-18(7-9-19)15(5)20/h10-12H,6-9H2,1-5H3. The Labute approximate surface area is 122 Å². The molecule has 0 bridgehead atoms. The number of rotatable bonds is 2. The third kappa shape index (κ3) is 2.97. The number of hydrogen-bond donors (Lipinski definition) is 0. The van der Waals surface area contributed by atoms with Crippen LogP contribution >= 0.6 is 0 Å². The summed E-state index contributed by atoms with van der Waals surface area (Å²) in [6.07, 6.45) is 0. The minimum atomic E-state index is 0.188. The van der Waals surface area contributed by atoms with Crippen LogP contribution in [0.5, 0.6) is 0 Å². The van der Waals surface area contributed by atoms with Gasteiger partial charge in [-0.3, -0.25) is 4.79 Å². The van der Waals surface area contributed by atoms with Crippen LogP contribution in [0, 0.1) is 13.8 Å². The van der Waals surface area contributed by atoms with Crippen molar-refractivity contribution in [2.75, 3.05) is 31.1 Å². The van der Waals surface area contributed by atoms with Crippen LogP contribution in [0.15, 0.2) is 12.1 Å². The van der Waals surface area contributed by atoms with E-state index in [9.17, 15) is 4.79 Å². The van der Waals surface area contributed by atoms with Crippen LogP contribution in [0.1, 0.15) is 43.4 Å².